The third-order valence-electron chi connectivity index (χ3n) is 3.16. The van der Waals surface area contributed by atoms with Gasteiger partial charge >= 0.3 is 11.9 Å². The Balaban J connectivity index is 3.10. The van der Waals surface area contributed by atoms with Crippen LogP contribution in [0, 0.1) is 17.3 Å². The summed E-state index contributed by atoms with van der Waals surface area (Å²) in [6, 6.07) is 9.14. The normalized spacial score (nSPS) is 10.2. The van der Waals surface area contributed by atoms with Crippen LogP contribution in [0.4, 0.5) is 0 Å². The van der Waals surface area contributed by atoms with Crippen LogP contribution in [-0.2, 0) is 23.9 Å². The molecule has 1 rings (SSSR count). The molecule has 0 amide bonds. The number of benzene rings is 1. The van der Waals surface area contributed by atoms with Crippen LogP contribution >= 0.6 is 0 Å². The largest absolute Gasteiger partial charge is 0.465 e. The zero-order valence-corrected chi connectivity index (χ0v) is 13.3. The van der Waals surface area contributed by atoms with E-state index in [9.17, 15) is 14.4 Å². The summed E-state index contributed by atoms with van der Waals surface area (Å²) in [7, 11) is 0. The molecule has 0 aliphatic carbocycles. The van der Waals surface area contributed by atoms with Gasteiger partial charge in [0, 0.05) is 18.4 Å². The maximum absolute atomic E-state index is 12.3. The molecule has 0 spiro atoms. The molecule has 1 aromatic rings. The highest BCUT2D eigenvalue weighted by atomic mass is 16.6. The van der Waals surface area contributed by atoms with Crippen LogP contribution in [0.3, 0.4) is 0 Å². The Labute approximate surface area is 136 Å². The highest BCUT2D eigenvalue weighted by molar-refractivity contribution is 6.02. The van der Waals surface area contributed by atoms with E-state index in [0.717, 1.165) is 5.56 Å². The van der Waals surface area contributed by atoms with Crippen molar-refractivity contribution in [2.24, 2.45) is 5.41 Å². The van der Waals surface area contributed by atoms with Crippen LogP contribution in [0.1, 0.15) is 32.3 Å². The molecule has 0 heterocycles. The average molecular weight is 316 g/mol. The van der Waals surface area contributed by atoms with E-state index in [1.165, 1.54) is 0 Å². The lowest BCUT2D eigenvalue weighted by molar-refractivity contribution is -0.172. The zero-order chi connectivity index (χ0) is 17.1. The summed E-state index contributed by atoms with van der Waals surface area (Å²) < 4.78 is 9.93. The van der Waals surface area contributed by atoms with Gasteiger partial charge in [-0.15, -0.1) is 0 Å². The zero-order valence-electron chi connectivity index (χ0n) is 13.3. The summed E-state index contributed by atoms with van der Waals surface area (Å²) in [5.74, 6) is 4.10. The Hall–Kier alpha value is -2.61. The first-order valence-corrected chi connectivity index (χ1v) is 7.42. The SMILES string of the molecule is CCOC(=O)C(CC#Cc1ccccc1)(CC=O)C(=O)OCC. The van der Waals surface area contributed by atoms with Crippen LogP contribution in [0.2, 0.25) is 0 Å². The highest BCUT2D eigenvalue weighted by Gasteiger charge is 2.48. The van der Waals surface area contributed by atoms with Crippen molar-refractivity contribution in [1.82, 2.24) is 0 Å². The molecule has 122 valence electrons. The Kier molecular flexibility index (Phi) is 7.55. The summed E-state index contributed by atoms with van der Waals surface area (Å²) >= 11 is 0. The van der Waals surface area contributed by atoms with E-state index in [1.807, 2.05) is 30.3 Å². The molecule has 0 fully saturated rings. The first kappa shape index (κ1) is 18.4. The Bertz CT molecular complexity index is 577. The van der Waals surface area contributed by atoms with E-state index < -0.39 is 17.4 Å². The number of carbonyl (C=O) groups is 3. The Morgan fingerprint density at radius 3 is 2.13 bits per heavy atom. The van der Waals surface area contributed by atoms with E-state index in [1.54, 1.807) is 13.8 Å². The Morgan fingerprint density at radius 2 is 1.65 bits per heavy atom. The molecule has 0 saturated heterocycles. The molecule has 0 saturated carbocycles. The van der Waals surface area contributed by atoms with E-state index in [4.69, 9.17) is 9.47 Å². The van der Waals surface area contributed by atoms with E-state index in [-0.39, 0.29) is 26.1 Å². The predicted octanol–water partition coefficient (Wildman–Crippen LogP) is 2.13. The topological polar surface area (TPSA) is 69.7 Å². The van der Waals surface area contributed by atoms with Crippen LogP contribution in [0.5, 0.6) is 0 Å². The van der Waals surface area contributed by atoms with Gasteiger partial charge in [0.05, 0.1) is 13.2 Å². The highest BCUT2D eigenvalue weighted by Crippen LogP contribution is 2.29. The maximum atomic E-state index is 12.3. The van der Waals surface area contributed by atoms with Gasteiger partial charge in [-0.05, 0) is 26.0 Å². The lowest BCUT2D eigenvalue weighted by atomic mass is 9.81. The van der Waals surface area contributed by atoms with Gasteiger partial charge in [-0.3, -0.25) is 9.59 Å². The molecule has 23 heavy (non-hydrogen) atoms. The standard InChI is InChI=1S/C18H20O5/c1-3-22-16(20)18(13-14-19,17(21)23-4-2)12-8-11-15-9-6-5-7-10-15/h5-7,9-10,14H,3-4,12-13H2,1-2H3. The van der Waals surface area contributed by atoms with Gasteiger partial charge in [0.2, 0.25) is 0 Å². The van der Waals surface area contributed by atoms with Gasteiger partial charge < -0.3 is 14.3 Å². The fourth-order valence-corrected chi connectivity index (χ4v) is 1.97. The minimum atomic E-state index is -1.71. The summed E-state index contributed by atoms with van der Waals surface area (Å²) in [4.78, 5) is 35.5. The second-order valence-electron chi connectivity index (χ2n) is 4.74. The number of ether oxygens (including phenoxy) is 2. The monoisotopic (exact) mass is 316 g/mol. The van der Waals surface area contributed by atoms with E-state index in [0.29, 0.717) is 6.29 Å². The molecular weight excluding hydrogens is 296 g/mol. The summed E-state index contributed by atoms with van der Waals surface area (Å²) in [6.45, 7) is 3.46. The van der Waals surface area contributed by atoms with Crippen molar-refractivity contribution in [3.63, 3.8) is 0 Å². The fourth-order valence-electron chi connectivity index (χ4n) is 1.97. The van der Waals surface area contributed by atoms with Gasteiger partial charge in [-0.1, -0.05) is 30.0 Å². The number of hydrogen-bond donors (Lipinski definition) is 0. The first-order chi connectivity index (χ1) is 11.1. The minimum absolute atomic E-state index is 0.102. The van der Waals surface area contributed by atoms with Crippen LogP contribution < -0.4 is 0 Å². The molecule has 5 heteroatoms. The number of carbonyl (C=O) groups excluding carboxylic acids is 3. The van der Waals surface area contributed by atoms with Crippen molar-refractivity contribution < 1.29 is 23.9 Å². The average Bonchev–Trinajstić information content (AvgIpc) is 2.55. The van der Waals surface area contributed by atoms with Crippen molar-refractivity contribution in [3.8, 4) is 11.8 Å². The van der Waals surface area contributed by atoms with Crippen LogP contribution in [0.15, 0.2) is 30.3 Å². The van der Waals surface area contributed by atoms with Gasteiger partial charge in [0.25, 0.3) is 0 Å². The predicted molar refractivity (Wildman–Crippen MR) is 84.3 cm³/mol. The number of hydrogen-bond acceptors (Lipinski definition) is 5. The van der Waals surface area contributed by atoms with Crippen molar-refractivity contribution >= 4 is 18.2 Å². The van der Waals surface area contributed by atoms with Gasteiger partial charge in [-0.25, -0.2) is 0 Å². The van der Waals surface area contributed by atoms with Crippen molar-refractivity contribution in [2.75, 3.05) is 13.2 Å². The molecule has 0 atom stereocenters. The van der Waals surface area contributed by atoms with E-state index in [2.05, 4.69) is 11.8 Å². The van der Waals surface area contributed by atoms with Crippen LogP contribution in [-0.4, -0.2) is 31.4 Å². The lowest BCUT2D eigenvalue weighted by Gasteiger charge is -2.25. The number of esters is 2. The molecular formula is C18H20O5. The summed E-state index contributed by atoms with van der Waals surface area (Å²) in [6.07, 6.45) is 0.0461. The van der Waals surface area contributed by atoms with Gasteiger partial charge in [0.15, 0.2) is 5.41 Å². The quantitative estimate of drug-likeness (QED) is 0.333. The van der Waals surface area contributed by atoms with Crippen molar-refractivity contribution in [2.45, 2.75) is 26.7 Å². The third-order valence-corrected chi connectivity index (χ3v) is 3.16. The van der Waals surface area contributed by atoms with E-state index >= 15 is 0 Å². The fraction of sp³-hybridized carbons (Fsp3) is 0.389. The summed E-state index contributed by atoms with van der Waals surface area (Å²) in [5.41, 5.74) is -0.963. The molecule has 0 aliphatic heterocycles. The number of rotatable bonds is 7. The smallest absolute Gasteiger partial charge is 0.324 e. The lowest BCUT2D eigenvalue weighted by Crippen LogP contribution is -2.42. The first-order valence-electron chi connectivity index (χ1n) is 7.42. The molecule has 0 bridgehead atoms. The molecule has 1 aromatic carbocycles. The molecule has 0 radical (unpaired) electrons. The second-order valence-corrected chi connectivity index (χ2v) is 4.74. The third kappa shape index (κ3) is 4.96. The van der Waals surface area contributed by atoms with Gasteiger partial charge in [0.1, 0.15) is 6.29 Å². The second kappa shape index (κ2) is 9.42. The molecule has 5 nitrogen and oxygen atoms in total. The summed E-state index contributed by atoms with van der Waals surface area (Å²) in [5, 5.41) is 0. The molecule has 0 unspecified atom stereocenters. The Morgan fingerprint density at radius 1 is 1.09 bits per heavy atom. The number of aldehydes is 1. The van der Waals surface area contributed by atoms with Crippen molar-refractivity contribution in [3.05, 3.63) is 35.9 Å². The molecule has 0 N–H and O–H groups in total. The van der Waals surface area contributed by atoms with Gasteiger partial charge in [-0.2, -0.15) is 0 Å². The maximum Gasteiger partial charge on any atom is 0.324 e. The molecule has 0 aromatic heterocycles. The van der Waals surface area contributed by atoms with Crippen molar-refractivity contribution in [1.29, 1.82) is 0 Å². The minimum Gasteiger partial charge on any atom is -0.465 e. The molecule has 0 aliphatic rings. The van der Waals surface area contributed by atoms with Crippen LogP contribution in [0.25, 0.3) is 0 Å².